The maximum Gasteiger partial charge on any atom is 0.283 e. The third-order valence-corrected chi connectivity index (χ3v) is 7.27. The lowest BCUT2D eigenvalue weighted by Gasteiger charge is -2.32. The highest BCUT2D eigenvalue weighted by molar-refractivity contribution is 5.87. The number of likely N-dealkylation sites (tertiary alicyclic amines) is 1. The predicted molar refractivity (Wildman–Crippen MR) is 150 cm³/mol. The van der Waals surface area contributed by atoms with Crippen LogP contribution in [0.2, 0.25) is 0 Å². The highest BCUT2D eigenvalue weighted by atomic mass is 35.5. The van der Waals surface area contributed by atoms with Crippen LogP contribution in [0.1, 0.15) is 68.5 Å². The lowest BCUT2D eigenvalue weighted by Crippen LogP contribution is -2.34. The highest BCUT2D eigenvalue weighted by Crippen LogP contribution is 2.34. The van der Waals surface area contributed by atoms with Crippen molar-refractivity contribution >= 4 is 23.4 Å². The number of hydrogen-bond acceptors (Lipinski definition) is 6. The Morgan fingerprint density at radius 3 is 2.46 bits per heavy atom. The second kappa shape index (κ2) is 11.3. The number of benzene rings is 2. The van der Waals surface area contributed by atoms with E-state index in [-0.39, 0.29) is 17.8 Å². The minimum atomic E-state index is -0.208. The van der Waals surface area contributed by atoms with Gasteiger partial charge >= 0.3 is 0 Å². The molecule has 2 aromatic carbocycles. The van der Waals surface area contributed by atoms with Gasteiger partial charge < -0.3 is 18.5 Å². The zero-order valence-corrected chi connectivity index (χ0v) is 23.4. The fourth-order valence-corrected chi connectivity index (χ4v) is 4.87. The van der Waals surface area contributed by atoms with Gasteiger partial charge in [-0.05, 0) is 80.9 Å². The Morgan fingerprint density at radius 1 is 0.973 bits per heavy atom. The molecule has 3 heterocycles. The van der Waals surface area contributed by atoms with Crippen molar-refractivity contribution in [2.75, 3.05) is 26.2 Å². The van der Waals surface area contributed by atoms with E-state index in [0.717, 1.165) is 42.8 Å². The fourth-order valence-electron chi connectivity index (χ4n) is 4.87. The van der Waals surface area contributed by atoms with Crippen molar-refractivity contribution < 1.29 is 13.6 Å². The summed E-state index contributed by atoms with van der Waals surface area (Å²) in [6.45, 7) is 14.6. The molecule has 0 amide bonds. The normalized spacial score (nSPS) is 15.2. The van der Waals surface area contributed by atoms with Crippen molar-refractivity contribution in [3.05, 3.63) is 65.0 Å². The largest absolute Gasteiger partial charge is 0.493 e. The maximum absolute atomic E-state index is 6.18. The minimum absolute atomic E-state index is 0. The summed E-state index contributed by atoms with van der Waals surface area (Å²) in [5.74, 6) is 3.06. The van der Waals surface area contributed by atoms with Crippen LogP contribution in [0.5, 0.6) is 5.75 Å². The Kier molecular flexibility index (Phi) is 8.29. The molecule has 0 N–H and O–H groups in total. The molecule has 4 aromatic rings. The molecule has 2 aromatic heterocycles. The molecule has 0 unspecified atom stereocenters. The van der Waals surface area contributed by atoms with E-state index in [4.69, 9.17) is 13.6 Å². The third-order valence-electron chi connectivity index (χ3n) is 7.27. The summed E-state index contributed by atoms with van der Waals surface area (Å²) in [6, 6.07) is 14.8. The molecule has 1 fully saturated rings. The Bertz CT molecular complexity index is 1330. The molecule has 0 saturated carbocycles. The third kappa shape index (κ3) is 6.19. The molecule has 0 spiro atoms. The second-order valence-corrected chi connectivity index (χ2v) is 11.1. The van der Waals surface area contributed by atoms with Crippen molar-refractivity contribution in [1.82, 2.24) is 15.1 Å². The topological polar surface area (TPSA) is 64.5 Å². The molecule has 1 aliphatic rings. The van der Waals surface area contributed by atoms with Crippen LogP contribution in [0, 0.1) is 13.8 Å². The Labute approximate surface area is 225 Å². The number of fused-ring (bicyclic) bond motifs is 1. The zero-order chi connectivity index (χ0) is 25.3. The summed E-state index contributed by atoms with van der Waals surface area (Å²) < 4.78 is 18.0. The van der Waals surface area contributed by atoms with E-state index in [1.165, 1.54) is 29.5 Å². The van der Waals surface area contributed by atoms with Crippen LogP contribution < -0.4 is 4.74 Å². The summed E-state index contributed by atoms with van der Waals surface area (Å²) in [6.07, 6.45) is 3.45. The molecule has 5 rings (SSSR count). The van der Waals surface area contributed by atoms with Gasteiger partial charge in [-0.15, -0.1) is 22.6 Å². The Morgan fingerprint density at radius 2 is 1.76 bits per heavy atom. The van der Waals surface area contributed by atoms with Gasteiger partial charge in [0.15, 0.2) is 5.76 Å². The summed E-state index contributed by atoms with van der Waals surface area (Å²) >= 11 is 0. The van der Waals surface area contributed by atoms with Gasteiger partial charge in [0.05, 0.1) is 12.0 Å². The predicted octanol–water partition coefficient (Wildman–Crippen LogP) is 7.47. The molecule has 0 radical (unpaired) electrons. The molecule has 7 heteroatoms. The molecule has 37 heavy (non-hydrogen) atoms. The van der Waals surface area contributed by atoms with Crippen LogP contribution >= 0.6 is 12.4 Å². The zero-order valence-electron chi connectivity index (χ0n) is 22.5. The average Bonchev–Trinajstić information content (AvgIpc) is 3.52. The van der Waals surface area contributed by atoms with Gasteiger partial charge in [-0.3, -0.25) is 0 Å². The molecule has 0 atom stereocenters. The number of aryl methyl sites for hydroxylation is 2. The quantitative estimate of drug-likeness (QED) is 0.234. The number of hydrogen-bond donors (Lipinski definition) is 0. The average molecular weight is 524 g/mol. The van der Waals surface area contributed by atoms with E-state index < -0.39 is 0 Å². The van der Waals surface area contributed by atoms with Gasteiger partial charge in [-0.25, -0.2) is 0 Å². The van der Waals surface area contributed by atoms with Gasteiger partial charge in [0.1, 0.15) is 11.3 Å². The minimum Gasteiger partial charge on any atom is -0.493 e. The van der Waals surface area contributed by atoms with Crippen LogP contribution in [0.4, 0.5) is 0 Å². The van der Waals surface area contributed by atoms with Crippen LogP contribution in [-0.2, 0) is 5.41 Å². The van der Waals surface area contributed by atoms with Crippen molar-refractivity contribution in [3.63, 3.8) is 0 Å². The smallest absolute Gasteiger partial charge is 0.283 e. The summed E-state index contributed by atoms with van der Waals surface area (Å²) in [7, 11) is 0. The second-order valence-electron chi connectivity index (χ2n) is 11.1. The first-order valence-corrected chi connectivity index (χ1v) is 13.1. The number of rotatable bonds is 7. The first-order chi connectivity index (χ1) is 17.3. The summed E-state index contributed by atoms with van der Waals surface area (Å²) in [4.78, 5) is 2.57. The maximum atomic E-state index is 6.18. The molecule has 0 aliphatic carbocycles. The van der Waals surface area contributed by atoms with Gasteiger partial charge in [0.25, 0.3) is 5.89 Å². The molecule has 0 bridgehead atoms. The fraction of sp³-hybridized carbons (Fsp3) is 0.467. The highest BCUT2D eigenvalue weighted by Gasteiger charge is 2.24. The number of ether oxygens (including phenoxy) is 1. The van der Waals surface area contributed by atoms with Crippen molar-refractivity contribution in [3.8, 4) is 17.4 Å². The molecule has 198 valence electrons. The van der Waals surface area contributed by atoms with E-state index in [1.54, 1.807) is 0 Å². The number of halogens is 1. The van der Waals surface area contributed by atoms with Crippen LogP contribution in [0.25, 0.3) is 22.6 Å². The molecule has 1 aliphatic heterocycles. The molecular formula is C30H38ClN3O3. The van der Waals surface area contributed by atoms with Crippen LogP contribution in [0.15, 0.2) is 51.3 Å². The van der Waals surface area contributed by atoms with Crippen LogP contribution in [-0.4, -0.2) is 41.3 Å². The van der Waals surface area contributed by atoms with E-state index in [1.807, 2.05) is 45.0 Å². The van der Waals surface area contributed by atoms with E-state index in [0.29, 0.717) is 30.1 Å². The first-order valence-electron chi connectivity index (χ1n) is 13.1. The van der Waals surface area contributed by atoms with Gasteiger partial charge in [-0.1, -0.05) is 45.0 Å². The monoisotopic (exact) mass is 523 g/mol. The van der Waals surface area contributed by atoms with Crippen LogP contribution in [0.3, 0.4) is 0 Å². The lowest BCUT2D eigenvalue weighted by atomic mass is 9.88. The van der Waals surface area contributed by atoms with E-state index in [2.05, 4.69) is 47.1 Å². The standard InChI is InChI=1S/C30H37N3O3.ClH/c1-20-10-11-23(18-21(20)2)22-12-15-33(16-13-22)14-7-17-34-25-8-6-9-26-24(25)19-27(35-26)28-31-32-29(36-28)30(3,4)5;/h6,8-11,18-19,22H,7,12-17H2,1-5H3;1H. The van der Waals surface area contributed by atoms with E-state index >= 15 is 0 Å². The molecule has 6 nitrogen and oxygen atoms in total. The summed E-state index contributed by atoms with van der Waals surface area (Å²) in [5, 5.41) is 9.29. The molecular weight excluding hydrogens is 486 g/mol. The SMILES string of the molecule is Cc1ccc(C2CCN(CCCOc3cccc4oc(-c5nnc(C(C)(C)C)o5)cc34)CC2)cc1C.Cl. The lowest BCUT2D eigenvalue weighted by molar-refractivity contribution is 0.193. The van der Waals surface area contributed by atoms with Crippen molar-refractivity contribution in [1.29, 1.82) is 0 Å². The first kappa shape index (κ1) is 27.2. The number of piperidine rings is 1. The van der Waals surface area contributed by atoms with Crippen molar-refractivity contribution in [2.45, 2.75) is 65.2 Å². The van der Waals surface area contributed by atoms with Gasteiger partial charge in [0.2, 0.25) is 5.89 Å². The van der Waals surface area contributed by atoms with Gasteiger partial charge in [0, 0.05) is 18.0 Å². The Hall–Kier alpha value is -2.83. The van der Waals surface area contributed by atoms with Gasteiger partial charge in [-0.2, -0.15) is 0 Å². The number of aromatic nitrogens is 2. The van der Waals surface area contributed by atoms with Crippen molar-refractivity contribution in [2.24, 2.45) is 0 Å². The molecule has 1 saturated heterocycles. The number of nitrogens with zero attached hydrogens (tertiary/aromatic N) is 3. The number of furan rings is 1. The summed E-state index contributed by atoms with van der Waals surface area (Å²) in [5.41, 5.74) is 4.83. The Balaban J connectivity index is 0.00000320. The van der Waals surface area contributed by atoms with E-state index in [9.17, 15) is 0 Å².